The SMILES string of the molecule is CCCCCCCCCCCCCCCCCC(=O)OCC(COP(=O)(O)OC1C(OC2OC(CO)C(O)C(O)C2O)C(O)C(O)C(O)C1OC1OC(COC(=O)CCCCCCCCCCCCCCC)C(O)C(O)C1O)OC(=O)CCCCCCCCCCCCCCCC. The molecular weight excluding hydrogens is 1280 g/mol. The van der Waals surface area contributed by atoms with Gasteiger partial charge in [0.05, 0.1) is 13.2 Å². The van der Waals surface area contributed by atoms with Crippen LogP contribution in [-0.4, -0.2) is 204 Å². The van der Waals surface area contributed by atoms with Crippen LogP contribution in [0.2, 0.25) is 0 Å². The average molecular weight is 1420 g/mol. The van der Waals surface area contributed by atoms with Gasteiger partial charge in [-0.15, -0.1) is 0 Å². The summed E-state index contributed by atoms with van der Waals surface area (Å²) < 4.78 is 65.1. The Labute approximate surface area is 580 Å². The van der Waals surface area contributed by atoms with E-state index in [1.807, 2.05) is 0 Å². The van der Waals surface area contributed by atoms with E-state index in [0.717, 1.165) is 89.9 Å². The van der Waals surface area contributed by atoms with Crippen LogP contribution >= 0.6 is 7.82 Å². The zero-order chi connectivity index (χ0) is 71.1. The van der Waals surface area contributed by atoms with Gasteiger partial charge in [0, 0.05) is 19.3 Å². The number of unbranched alkanes of at least 4 members (excludes halogenated alkanes) is 39. The van der Waals surface area contributed by atoms with Crippen LogP contribution in [0.3, 0.4) is 0 Å². The number of aliphatic hydroxyl groups excluding tert-OH is 10. The number of hydrogen-bond acceptors (Lipinski definition) is 23. The minimum Gasteiger partial charge on any atom is -0.463 e. The van der Waals surface area contributed by atoms with E-state index in [4.69, 9.17) is 42.2 Å². The fourth-order valence-corrected chi connectivity index (χ4v) is 13.8. The summed E-state index contributed by atoms with van der Waals surface area (Å²) in [5.41, 5.74) is 0. The lowest BCUT2D eigenvalue weighted by atomic mass is 9.84. The van der Waals surface area contributed by atoms with Crippen molar-refractivity contribution in [1.29, 1.82) is 0 Å². The van der Waals surface area contributed by atoms with E-state index in [1.165, 1.54) is 161 Å². The first-order valence-corrected chi connectivity index (χ1v) is 39.8. The predicted octanol–water partition coefficient (Wildman–Crippen LogP) is 10.6. The number of phosphoric acid groups is 1. The van der Waals surface area contributed by atoms with E-state index in [9.17, 15) is 74.9 Å². The van der Waals surface area contributed by atoms with Crippen molar-refractivity contribution >= 4 is 25.7 Å². The Morgan fingerprint density at radius 2 is 0.660 bits per heavy atom. The Kier molecular flexibility index (Phi) is 50.2. The van der Waals surface area contributed by atoms with Gasteiger partial charge in [-0.05, 0) is 19.3 Å². The lowest BCUT2D eigenvalue weighted by Crippen LogP contribution is -2.69. The van der Waals surface area contributed by atoms with E-state index in [1.54, 1.807) is 0 Å². The molecule has 0 aromatic rings. The summed E-state index contributed by atoms with van der Waals surface area (Å²) in [4.78, 5) is 51.0. The number of ether oxygens (including phenoxy) is 7. The summed E-state index contributed by atoms with van der Waals surface area (Å²) >= 11 is 0. The summed E-state index contributed by atoms with van der Waals surface area (Å²) in [5, 5.41) is 110. The number of esters is 3. The molecule has 0 aromatic heterocycles. The van der Waals surface area contributed by atoms with Crippen molar-refractivity contribution in [3.63, 3.8) is 0 Å². The van der Waals surface area contributed by atoms with Gasteiger partial charge in [0.1, 0.15) is 98.7 Å². The molecule has 0 amide bonds. The molecule has 1 saturated carbocycles. The molecule has 97 heavy (non-hydrogen) atoms. The summed E-state index contributed by atoms with van der Waals surface area (Å²) in [5.74, 6) is -1.97. The molecule has 0 bridgehead atoms. The van der Waals surface area contributed by atoms with Gasteiger partial charge in [0.25, 0.3) is 0 Å². The van der Waals surface area contributed by atoms with Crippen LogP contribution in [0.25, 0.3) is 0 Å². The third-order valence-electron chi connectivity index (χ3n) is 19.1. The molecule has 3 fully saturated rings. The molecule has 3 rings (SSSR count). The van der Waals surface area contributed by atoms with Gasteiger partial charge in [0.2, 0.25) is 0 Å². The maximum Gasteiger partial charge on any atom is 0.472 e. The molecule has 2 aliphatic heterocycles. The maximum absolute atomic E-state index is 14.3. The Hall–Kier alpha value is -2.04. The number of carbonyl (C=O) groups excluding carboxylic acids is 3. The molecule has 11 N–H and O–H groups in total. The van der Waals surface area contributed by atoms with Crippen molar-refractivity contribution in [2.24, 2.45) is 0 Å². The van der Waals surface area contributed by atoms with Gasteiger partial charge in [-0.1, -0.05) is 271 Å². The first-order chi connectivity index (χ1) is 46.8. The molecule has 24 nitrogen and oxygen atoms in total. The molecule has 25 heteroatoms. The zero-order valence-electron chi connectivity index (χ0n) is 59.6. The number of carbonyl (C=O) groups is 3. The van der Waals surface area contributed by atoms with Crippen LogP contribution in [0.5, 0.6) is 0 Å². The van der Waals surface area contributed by atoms with E-state index in [0.29, 0.717) is 19.3 Å². The van der Waals surface area contributed by atoms with Gasteiger partial charge >= 0.3 is 25.7 Å². The standard InChI is InChI=1S/C72H135O24P/c1-4-7-10-13-16-19-22-25-27-30-32-34-37-40-43-46-56(74)88-50-53(91-58(76)48-45-42-39-36-33-29-26-23-20-17-14-11-8-5-2)51-90-97(86,87)96-70-68(94-71-66(84)61(79)59(77)54(49-73)92-71)64(82)63(81)65(83)69(70)95-72-67(85)62(80)60(78)55(93-72)52-89-57(75)47-44-41-38-35-31-28-24-21-18-15-12-9-6-3/h53-55,59-73,77-85H,4-52H2,1-3H3,(H,86,87). The molecular formula is C72H135O24P. The first-order valence-electron chi connectivity index (χ1n) is 38.3. The molecule has 572 valence electrons. The molecule has 3 aliphatic rings. The largest absolute Gasteiger partial charge is 0.472 e. The molecule has 1 aliphatic carbocycles. The molecule has 2 saturated heterocycles. The molecule has 18 unspecified atom stereocenters. The van der Waals surface area contributed by atoms with Gasteiger partial charge in [0.15, 0.2) is 18.7 Å². The Balaban J connectivity index is 1.73. The van der Waals surface area contributed by atoms with Crippen LogP contribution in [0, 0.1) is 0 Å². The van der Waals surface area contributed by atoms with Crippen molar-refractivity contribution < 1.29 is 117 Å². The van der Waals surface area contributed by atoms with Crippen LogP contribution in [0.15, 0.2) is 0 Å². The van der Waals surface area contributed by atoms with Crippen LogP contribution in [0.4, 0.5) is 0 Å². The Morgan fingerprint density at radius 3 is 1.01 bits per heavy atom. The van der Waals surface area contributed by atoms with Crippen molar-refractivity contribution in [3.8, 4) is 0 Å². The Morgan fingerprint density at radius 1 is 0.361 bits per heavy atom. The topological polar surface area (TPSA) is 374 Å². The van der Waals surface area contributed by atoms with E-state index in [2.05, 4.69) is 20.8 Å². The highest BCUT2D eigenvalue weighted by Crippen LogP contribution is 2.49. The van der Waals surface area contributed by atoms with Gasteiger partial charge in [-0.25, -0.2) is 4.57 Å². The number of phosphoric ester groups is 1. The first kappa shape index (κ1) is 89.2. The maximum atomic E-state index is 14.3. The van der Waals surface area contributed by atoms with Crippen molar-refractivity contribution in [1.82, 2.24) is 0 Å². The smallest absolute Gasteiger partial charge is 0.463 e. The van der Waals surface area contributed by atoms with E-state index < -0.39 is 156 Å². The molecule has 0 radical (unpaired) electrons. The third kappa shape index (κ3) is 37.8. The highest BCUT2D eigenvalue weighted by molar-refractivity contribution is 7.47. The summed E-state index contributed by atoms with van der Waals surface area (Å²) in [6.07, 6.45) is 11.6. The second-order valence-corrected chi connectivity index (χ2v) is 29.1. The van der Waals surface area contributed by atoms with Crippen LogP contribution in [-0.2, 0) is 61.2 Å². The minimum atomic E-state index is -5.69. The highest BCUT2D eigenvalue weighted by Gasteiger charge is 2.58. The second-order valence-electron chi connectivity index (χ2n) is 27.7. The van der Waals surface area contributed by atoms with E-state index >= 15 is 0 Å². The normalized spacial score (nSPS) is 27.7. The highest BCUT2D eigenvalue weighted by atomic mass is 31.2. The quantitative estimate of drug-likeness (QED) is 0.0117. The van der Waals surface area contributed by atoms with Gasteiger partial charge in [-0.2, -0.15) is 0 Å². The average Bonchev–Trinajstić information content (AvgIpc) is 0.763. The number of hydrogen-bond donors (Lipinski definition) is 11. The molecule has 18 atom stereocenters. The zero-order valence-corrected chi connectivity index (χ0v) is 60.5. The second kappa shape index (κ2) is 54.6. The lowest BCUT2D eigenvalue weighted by Gasteiger charge is -2.49. The molecule has 2 heterocycles. The predicted molar refractivity (Wildman–Crippen MR) is 365 cm³/mol. The van der Waals surface area contributed by atoms with Crippen LogP contribution < -0.4 is 0 Å². The van der Waals surface area contributed by atoms with Crippen LogP contribution in [0.1, 0.15) is 310 Å². The summed E-state index contributed by atoms with van der Waals surface area (Å²) in [6.45, 7) is 3.47. The van der Waals surface area contributed by atoms with Crippen molar-refractivity contribution in [3.05, 3.63) is 0 Å². The third-order valence-corrected chi connectivity index (χ3v) is 20.1. The summed E-state index contributed by atoms with van der Waals surface area (Å²) in [7, 11) is -5.69. The lowest BCUT2D eigenvalue weighted by molar-refractivity contribution is -0.360. The van der Waals surface area contributed by atoms with Gasteiger partial charge < -0.3 is 89.1 Å². The monoisotopic (exact) mass is 1410 g/mol. The van der Waals surface area contributed by atoms with E-state index in [-0.39, 0.29) is 19.3 Å². The number of aliphatic hydroxyl groups is 10. The van der Waals surface area contributed by atoms with Crippen molar-refractivity contribution in [2.75, 3.05) is 26.4 Å². The number of rotatable bonds is 60. The Bertz CT molecular complexity index is 2010. The summed E-state index contributed by atoms with van der Waals surface area (Å²) in [6, 6.07) is 0. The fourth-order valence-electron chi connectivity index (χ4n) is 12.9. The molecule has 0 spiro atoms. The van der Waals surface area contributed by atoms with Gasteiger partial charge in [-0.3, -0.25) is 23.4 Å². The minimum absolute atomic E-state index is 0.0331. The fraction of sp³-hybridized carbons (Fsp3) is 0.958. The van der Waals surface area contributed by atoms with Crippen molar-refractivity contribution in [2.45, 2.75) is 414 Å². The molecule has 0 aromatic carbocycles.